The van der Waals surface area contributed by atoms with Crippen LogP contribution in [0.5, 0.6) is 0 Å². The van der Waals surface area contributed by atoms with E-state index < -0.39 is 0 Å². The molecular weight excluding hydrogens is 230 g/mol. The zero-order valence-corrected chi connectivity index (χ0v) is 11.6. The molecule has 0 N–H and O–H groups in total. The minimum atomic E-state index is -0.0428. The Hall–Kier alpha value is -0.610. The van der Waals surface area contributed by atoms with Crippen molar-refractivity contribution in [3.05, 3.63) is 0 Å². The summed E-state index contributed by atoms with van der Waals surface area (Å²) in [5, 5.41) is 0. The van der Waals surface area contributed by atoms with E-state index in [0.717, 1.165) is 32.4 Å². The second-order valence-electron chi connectivity index (χ2n) is 5.54. The number of ether oxygens (including phenoxy) is 2. The Morgan fingerprint density at radius 2 is 2.00 bits per heavy atom. The second-order valence-corrected chi connectivity index (χ2v) is 5.54. The number of hydrogen-bond donors (Lipinski definition) is 0. The predicted molar refractivity (Wildman–Crippen MR) is 69.4 cm³/mol. The highest BCUT2D eigenvalue weighted by atomic mass is 16.5. The van der Waals surface area contributed by atoms with Crippen molar-refractivity contribution in [2.24, 2.45) is 5.92 Å². The maximum absolute atomic E-state index is 11.6. The van der Waals surface area contributed by atoms with Gasteiger partial charge < -0.3 is 9.47 Å². The molecule has 0 aromatic carbocycles. The second kappa shape index (κ2) is 6.53. The monoisotopic (exact) mass is 255 g/mol. The summed E-state index contributed by atoms with van der Waals surface area (Å²) in [4.78, 5) is 14.1. The molecule has 0 aromatic rings. The van der Waals surface area contributed by atoms with Crippen LogP contribution in [-0.4, -0.2) is 50.3 Å². The first-order valence-corrected chi connectivity index (χ1v) is 7.09. The third-order valence-electron chi connectivity index (χ3n) is 4.44. The van der Waals surface area contributed by atoms with Crippen molar-refractivity contribution in [1.82, 2.24) is 4.90 Å². The maximum atomic E-state index is 11.6. The Labute approximate surface area is 110 Å². The molecule has 2 unspecified atom stereocenters. The zero-order chi connectivity index (χ0) is 13.0. The molecule has 4 nitrogen and oxygen atoms in total. The number of esters is 1. The van der Waals surface area contributed by atoms with Crippen molar-refractivity contribution >= 4 is 5.97 Å². The van der Waals surface area contributed by atoms with Crippen molar-refractivity contribution in [1.29, 1.82) is 0 Å². The lowest BCUT2D eigenvalue weighted by molar-refractivity contribution is -0.147. The van der Waals surface area contributed by atoms with Crippen LogP contribution in [0.25, 0.3) is 0 Å². The fourth-order valence-corrected chi connectivity index (χ4v) is 3.36. The van der Waals surface area contributed by atoms with E-state index in [-0.39, 0.29) is 11.9 Å². The summed E-state index contributed by atoms with van der Waals surface area (Å²) in [5.74, 6) is 0.0328. The van der Waals surface area contributed by atoms with Crippen LogP contribution in [0.15, 0.2) is 0 Å². The smallest absolute Gasteiger partial charge is 0.309 e. The van der Waals surface area contributed by atoms with E-state index >= 15 is 0 Å². The summed E-state index contributed by atoms with van der Waals surface area (Å²) in [5.41, 5.74) is 0. The van der Waals surface area contributed by atoms with E-state index in [0.29, 0.717) is 12.1 Å². The number of hydrogen-bond acceptors (Lipinski definition) is 4. The molecule has 0 bridgehead atoms. The number of carbonyl (C=O) groups is 1. The Balaban J connectivity index is 1.89. The van der Waals surface area contributed by atoms with Gasteiger partial charge in [0.25, 0.3) is 0 Å². The van der Waals surface area contributed by atoms with Gasteiger partial charge in [-0.25, -0.2) is 0 Å². The van der Waals surface area contributed by atoms with Crippen LogP contribution in [0.2, 0.25) is 0 Å². The molecule has 0 aromatic heterocycles. The van der Waals surface area contributed by atoms with Gasteiger partial charge >= 0.3 is 5.97 Å². The summed E-state index contributed by atoms with van der Waals surface area (Å²) in [7, 11) is 3.29. The fraction of sp³-hybridized carbons (Fsp3) is 0.929. The predicted octanol–water partition coefficient (Wildman–Crippen LogP) is 1.83. The first-order valence-electron chi connectivity index (χ1n) is 7.09. The molecular formula is C14H25NO3. The number of nitrogens with zero attached hydrogens (tertiary/aromatic N) is 1. The highest BCUT2D eigenvalue weighted by Crippen LogP contribution is 2.28. The van der Waals surface area contributed by atoms with Crippen LogP contribution in [-0.2, 0) is 14.3 Å². The number of rotatable bonds is 3. The summed E-state index contributed by atoms with van der Waals surface area (Å²) in [6, 6.07) is 0.594. The molecule has 18 heavy (non-hydrogen) atoms. The third-order valence-corrected chi connectivity index (χ3v) is 4.44. The molecule has 2 fully saturated rings. The van der Waals surface area contributed by atoms with E-state index in [9.17, 15) is 4.79 Å². The average Bonchev–Trinajstić information content (AvgIpc) is 2.46. The normalized spacial score (nSPS) is 34.2. The van der Waals surface area contributed by atoms with Crippen LogP contribution in [0.1, 0.15) is 38.5 Å². The summed E-state index contributed by atoms with van der Waals surface area (Å²) < 4.78 is 10.4. The summed E-state index contributed by atoms with van der Waals surface area (Å²) in [6.45, 7) is 1.99. The van der Waals surface area contributed by atoms with Crippen molar-refractivity contribution in [2.75, 3.05) is 27.3 Å². The first kappa shape index (κ1) is 13.8. The highest BCUT2D eigenvalue weighted by Gasteiger charge is 2.32. The van der Waals surface area contributed by atoms with E-state index in [1.165, 1.54) is 26.4 Å². The lowest BCUT2D eigenvalue weighted by Gasteiger charge is -2.40. The SMILES string of the molecule is COC(=O)[C@H]1CCCN(C2CCCC(OC)C2)C1. The van der Waals surface area contributed by atoms with Gasteiger partial charge in [-0.15, -0.1) is 0 Å². The fourth-order valence-electron chi connectivity index (χ4n) is 3.36. The molecule has 1 saturated carbocycles. The van der Waals surface area contributed by atoms with Crippen molar-refractivity contribution in [2.45, 2.75) is 50.7 Å². The molecule has 0 amide bonds. The number of carbonyl (C=O) groups excluding carboxylic acids is 1. The van der Waals surface area contributed by atoms with Gasteiger partial charge in [0.2, 0.25) is 0 Å². The Morgan fingerprint density at radius 3 is 2.72 bits per heavy atom. The molecule has 2 rings (SSSR count). The lowest BCUT2D eigenvalue weighted by Crippen LogP contribution is -2.47. The molecule has 4 heteroatoms. The quantitative estimate of drug-likeness (QED) is 0.721. The molecule has 104 valence electrons. The first-order chi connectivity index (χ1) is 8.74. The van der Waals surface area contributed by atoms with Crippen LogP contribution < -0.4 is 0 Å². The summed E-state index contributed by atoms with van der Waals surface area (Å²) in [6.07, 6.45) is 7.27. The minimum Gasteiger partial charge on any atom is -0.469 e. The van der Waals surface area contributed by atoms with Gasteiger partial charge in [-0.1, -0.05) is 0 Å². The molecule has 1 aliphatic carbocycles. The van der Waals surface area contributed by atoms with E-state index in [1.807, 2.05) is 0 Å². The van der Waals surface area contributed by atoms with Gasteiger partial charge in [0.1, 0.15) is 0 Å². The van der Waals surface area contributed by atoms with Crippen molar-refractivity contribution in [3.8, 4) is 0 Å². The van der Waals surface area contributed by atoms with Gasteiger partial charge in [-0.05, 0) is 45.1 Å². The Morgan fingerprint density at radius 1 is 1.17 bits per heavy atom. The van der Waals surface area contributed by atoms with Gasteiger partial charge in [0, 0.05) is 19.7 Å². The molecule has 0 radical (unpaired) electrons. The number of piperidine rings is 1. The lowest BCUT2D eigenvalue weighted by atomic mass is 9.88. The third kappa shape index (κ3) is 3.23. The Bertz CT molecular complexity index is 282. The minimum absolute atomic E-state index is 0.0428. The highest BCUT2D eigenvalue weighted by molar-refractivity contribution is 5.72. The van der Waals surface area contributed by atoms with E-state index in [1.54, 1.807) is 7.11 Å². The van der Waals surface area contributed by atoms with Gasteiger partial charge in [-0.2, -0.15) is 0 Å². The molecule has 2 aliphatic rings. The Kier molecular flexibility index (Phi) is 5.01. The van der Waals surface area contributed by atoms with Crippen molar-refractivity contribution < 1.29 is 14.3 Å². The largest absolute Gasteiger partial charge is 0.469 e. The van der Waals surface area contributed by atoms with Crippen LogP contribution >= 0.6 is 0 Å². The maximum Gasteiger partial charge on any atom is 0.309 e. The van der Waals surface area contributed by atoms with Crippen molar-refractivity contribution in [3.63, 3.8) is 0 Å². The van der Waals surface area contributed by atoms with Crippen LogP contribution in [0.3, 0.4) is 0 Å². The van der Waals surface area contributed by atoms with Crippen LogP contribution in [0, 0.1) is 5.92 Å². The topological polar surface area (TPSA) is 38.8 Å². The van der Waals surface area contributed by atoms with E-state index in [2.05, 4.69) is 4.90 Å². The molecule has 1 aliphatic heterocycles. The molecule has 3 atom stereocenters. The van der Waals surface area contributed by atoms with Gasteiger partial charge in [0.05, 0.1) is 19.1 Å². The summed E-state index contributed by atoms with van der Waals surface area (Å²) >= 11 is 0. The molecule has 1 heterocycles. The number of methoxy groups -OCH3 is 2. The average molecular weight is 255 g/mol. The zero-order valence-electron chi connectivity index (χ0n) is 11.6. The molecule has 1 saturated heterocycles. The number of likely N-dealkylation sites (tertiary alicyclic amines) is 1. The van der Waals surface area contributed by atoms with Gasteiger partial charge in [-0.3, -0.25) is 9.69 Å². The van der Waals surface area contributed by atoms with Crippen LogP contribution in [0.4, 0.5) is 0 Å². The standard InChI is InChI=1S/C14H25NO3/c1-17-13-7-3-6-12(9-13)15-8-4-5-11(10-15)14(16)18-2/h11-13H,3-10H2,1-2H3/t11-,12?,13?/m0/s1. The van der Waals surface area contributed by atoms with E-state index in [4.69, 9.17) is 9.47 Å². The molecule has 0 spiro atoms. The van der Waals surface area contributed by atoms with Gasteiger partial charge in [0.15, 0.2) is 0 Å².